The normalized spacial score (nSPS) is 24.2. The molecular weight excluding hydrogens is 480 g/mol. The number of fused-ring (bicyclic) bond motifs is 3. The first kappa shape index (κ1) is 23.5. The van der Waals surface area contributed by atoms with Crippen molar-refractivity contribution in [3.05, 3.63) is 53.2 Å². The second-order valence-corrected chi connectivity index (χ2v) is 11.2. The van der Waals surface area contributed by atoms with E-state index in [0.717, 1.165) is 48.6 Å². The maximum Gasteiger partial charge on any atom is 0.255 e. The number of aromatic nitrogens is 2. The smallest absolute Gasteiger partial charge is 0.255 e. The van der Waals surface area contributed by atoms with Crippen LogP contribution < -0.4 is 5.32 Å². The fraction of sp³-hybridized carbons (Fsp3) is 0.448. The van der Waals surface area contributed by atoms with Crippen LogP contribution in [0.3, 0.4) is 0 Å². The van der Waals surface area contributed by atoms with Crippen LogP contribution in [0.4, 0.5) is 0 Å². The Kier molecular flexibility index (Phi) is 5.59. The maximum absolute atomic E-state index is 13.1. The molecule has 3 saturated heterocycles. The second kappa shape index (κ2) is 9.03. The largest absolute Gasteiger partial charge is 0.336 e. The number of hydrogen-bond donors (Lipinski definition) is 1. The molecule has 3 aromatic rings. The molecule has 9 heteroatoms. The molecule has 38 heavy (non-hydrogen) atoms. The highest BCUT2D eigenvalue weighted by Crippen LogP contribution is 2.33. The number of piperazine rings is 1. The van der Waals surface area contributed by atoms with Gasteiger partial charge in [0, 0.05) is 74.9 Å². The Morgan fingerprint density at radius 3 is 2.82 bits per heavy atom. The minimum Gasteiger partial charge on any atom is -0.336 e. The summed E-state index contributed by atoms with van der Waals surface area (Å²) in [6.45, 7) is 5.83. The van der Waals surface area contributed by atoms with Crippen molar-refractivity contribution >= 4 is 28.8 Å². The number of amides is 3. The van der Waals surface area contributed by atoms with Crippen LogP contribution in [0.5, 0.6) is 0 Å². The number of nitrogens with one attached hydrogen (secondary N) is 1. The third kappa shape index (κ3) is 3.92. The van der Waals surface area contributed by atoms with Crippen LogP contribution in [0, 0.1) is 0 Å². The van der Waals surface area contributed by atoms with E-state index < -0.39 is 6.04 Å². The van der Waals surface area contributed by atoms with Gasteiger partial charge in [-0.05, 0) is 61.2 Å². The first-order valence-electron chi connectivity index (χ1n) is 13.6. The number of carbonyl (C=O) groups is 3. The summed E-state index contributed by atoms with van der Waals surface area (Å²) in [7, 11) is 2.03. The molecule has 1 N–H and O–H groups in total. The molecule has 4 aliphatic rings. The van der Waals surface area contributed by atoms with E-state index in [0.29, 0.717) is 24.6 Å². The average molecular weight is 513 g/mol. The van der Waals surface area contributed by atoms with Crippen molar-refractivity contribution in [1.82, 2.24) is 29.6 Å². The molecule has 2 aromatic heterocycles. The van der Waals surface area contributed by atoms with Gasteiger partial charge in [-0.15, -0.1) is 0 Å². The van der Waals surface area contributed by atoms with Gasteiger partial charge in [-0.3, -0.25) is 29.5 Å². The van der Waals surface area contributed by atoms with Gasteiger partial charge >= 0.3 is 0 Å². The van der Waals surface area contributed by atoms with E-state index in [1.165, 1.54) is 30.3 Å². The standard InChI is InChI=1S/C29H32N6O3/c1-32-10-8-22-20(15-33-11-12-34-9-2-3-21(34)17-33)14-24(30-27(22)32)18-4-5-23-19(13-18)16-35(29(23)38)25-6-7-26(36)31-28(25)37/h4-5,8,10,13-14,21,25H,2-3,6-7,9,11-12,15-17H2,1H3,(H,31,36,37). The molecule has 4 aliphatic heterocycles. The highest BCUT2D eigenvalue weighted by Gasteiger charge is 2.39. The summed E-state index contributed by atoms with van der Waals surface area (Å²) in [5, 5.41) is 3.56. The molecule has 3 fully saturated rings. The Bertz CT molecular complexity index is 1480. The molecule has 0 bridgehead atoms. The number of rotatable bonds is 4. The summed E-state index contributed by atoms with van der Waals surface area (Å²) < 4.78 is 2.07. The van der Waals surface area contributed by atoms with E-state index in [1.807, 2.05) is 25.2 Å². The zero-order chi connectivity index (χ0) is 26.0. The zero-order valence-electron chi connectivity index (χ0n) is 21.7. The van der Waals surface area contributed by atoms with Crippen LogP contribution in [0.2, 0.25) is 0 Å². The molecule has 9 nitrogen and oxygen atoms in total. The van der Waals surface area contributed by atoms with Crippen molar-refractivity contribution in [1.29, 1.82) is 0 Å². The molecule has 3 amide bonds. The first-order chi connectivity index (χ1) is 18.4. The molecule has 7 rings (SSSR count). The number of piperidine rings is 1. The number of hydrogen-bond acceptors (Lipinski definition) is 6. The van der Waals surface area contributed by atoms with Crippen LogP contribution in [-0.4, -0.2) is 80.2 Å². The van der Waals surface area contributed by atoms with Gasteiger partial charge in [0.2, 0.25) is 11.8 Å². The number of nitrogens with zero attached hydrogens (tertiary/aromatic N) is 5. The fourth-order valence-corrected chi connectivity index (χ4v) is 6.75. The lowest BCUT2D eigenvalue weighted by Crippen LogP contribution is -2.52. The van der Waals surface area contributed by atoms with Crippen molar-refractivity contribution in [3.63, 3.8) is 0 Å². The molecule has 0 saturated carbocycles. The molecule has 2 atom stereocenters. The first-order valence-corrected chi connectivity index (χ1v) is 13.6. The summed E-state index contributed by atoms with van der Waals surface area (Å²) in [5.74, 6) is -0.819. The maximum atomic E-state index is 13.1. The lowest BCUT2D eigenvalue weighted by molar-refractivity contribution is -0.136. The summed E-state index contributed by atoms with van der Waals surface area (Å²) in [6, 6.07) is 10.3. The van der Waals surface area contributed by atoms with Gasteiger partial charge in [0.1, 0.15) is 11.7 Å². The van der Waals surface area contributed by atoms with Gasteiger partial charge in [-0.2, -0.15) is 0 Å². The highest BCUT2D eigenvalue weighted by molar-refractivity contribution is 6.05. The topological polar surface area (TPSA) is 90.8 Å². The van der Waals surface area contributed by atoms with E-state index in [4.69, 9.17) is 4.98 Å². The Morgan fingerprint density at radius 2 is 1.95 bits per heavy atom. The van der Waals surface area contributed by atoms with Crippen molar-refractivity contribution in [2.75, 3.05) is 26.2 Å². The number of pyridine rings is 1. The molecule has 0 aliphatic carbocycles. The molecule has 1 aromatic carbocycles. The van der Waals surface area contributed by atoms with Gasteiger partial charge in [-0.25, -0.2) is 4.98 Å². The molecule has 0 radical (unpaired) electrons. The number of imide groups is 1. The molecule has 6 heterocycles. The van der Waals surface area contributed by atoms with Crippen molar-refractivity contribution in [2.24, 2.45) is 7.05 Å². The number of aryl methyl sites for hydroxylation is 1. The summed E-state index contributed by atoms with van der Waals surface area (Å²) >= 11 is 0. The minimum atomic E-state index is -0.610. The second-order valence-electron chi connectivity index (χ2n) is 11.2. The monoisotopic (exact) mass is 512 g/mol. The van der Waals surface area contributed by atoms with E-state index in [2.05, 4.69) is 38.0 Å². The molecule has 0 spiro atoms. The summed E-state index contributed by atoms with van der Waals surface area (Å²) in [6.07, 6.45) is 5.28. The van der Waals surface area contributed by atoms with Crippen molar-refractivity contribution < 1.29 is 14.4 Å². The van der Waals surface area contributed by atoms with Crippen molar-refractivity contribution in [2.45, 2.75) is 50.9 Å². The van der Waals surface area contributed by atoms with Gasteiger partial charge < -0.3 is 9.47 Å². The third-order valence-corrected chi connectivity index (χ3v) is 8.81. The minimum absolute atomic E-state index is 0.154. The number of benzene rings is 1. The third-order valence-electron chi connectivity index (χ3n) is 8.81. The molecule has 2 unspecified atom stereocenters. The summed E-state index contributed by atoms with van der Waals surface area (Å²) in [4.78, 5) is 49.0. The van der Waals surface area contributed by atoms with Gasteiger partial charge in [0.05, 0.1) is 5.69 Å². The molecular formula is C29H32N6O3. The summed E-state index contributed by atoms with van der Waals surface area (Å²) in [5.41, 5.74) is 5.60. The van der Waals surface area contributed by atoms with E-state index >= 15 is 0 Å². The van der Waals surface area contributed by atoms with Crippen LogP contribution in [0.1, 0.15) is 47.2 Å². The lowest BCUT2D eigenvalue weighted by Gasteiger charge is -2.37. The number of carbonyl (C=O) groups excluding carboxylic acids is 3. The highest BCUT2D eigenvalue weighted by atomic mass is 16.2. The van der Waals surface area contributed by atoms with Crippen LogP contribution in [0.15, 0.2) is 36.5 Å². The van der Waals surface area contributed by atoms with Gasteiger partial charge in [0.15, 0.2) is 0 Å². The Labute approximate surface area is 221 Å². The Balaban J connectivity index is 1.18. The quantitative estimate of drug-likeness (QED) is 0.540. The predicted octanol–water partition coefficient (Wildman–Crippen LogP) is 2.28. The van der Waals surface area contributed by atoms with Crippen molar-refractivity contribution in [3.8, 4) is 11.3 Å². The van der Waals surface area contributed by atoms with Gasteiger partial charge in [0.25, 0.3) is 5.91 Å². The Hall–Kier alpha value is -3.56. The Morgan fingerprint density at radius 1 is 1.05 bits per heavy atom. The zero-order valence-corrected chi connectivity index (χ0v) is 21.7. The van der Waals surface area contributed by atoms with E-state index in [9.17, 15) is 14.4 Å². The van der Waals surface area contributed by atoms with Gasteiger partial charge in [-0.1, -0.05) is 6.07 Å². The van der Waals surface area contributed by atoms with Crippen LogP contribution in [0.25, 0.3) is 22.3 Å². The fourth-order valence-electron chi connectivity index (χ4n) is 6.75. The average Bonchev–Trinajstić information content (AvgIpc) is 3.61. The molecule has 196 valence electrons. The SMILES string of the molecule is Cn1ccc2c(CN3CCN4CCCC4C3)cc(-c3ccc4c(c3)CN(C3CCC(=O)NC3=O)C4=O)nc21. The van der Waals surface area contributed by atoms with E-state index in [1.54, 1.807) is 4.90 Å². The predicted molar refractivity (Wildman–Crippen MR) is 142 cm³/mol. The lowest BCUT2D eigenvalue weighted by atomic mass is 10.0. The van der Waals surface area contributed by atoms with E-state index in [-0.39, 0.29) is 24.1 Å². The van der Waals surface area contributed by atoms with Crippen LogP contribution >= 0.6 is 0 Å². The van der Waals surface area contributed by atoms with Crippen LogP contribution in [-0.2, 0) is 29.7 Å².